The molecule has 1 aromatic rings. The molecule has 0 spiro atoms. The topological polar surface area (TPSA) is 29.3 Å². The first-order valence-corrected chi connectivity index (χ1v) is 7.16. The fraction of sp³-hybridized carbons (Fsp3) is 0.571. The molecule has 2 atom stereocenters. The summed E-state index contributed by atoms with van der Waals surface area (Å²) in [4.78, 5) is 2.41. The number of benzene rings is 1. The van der Waals surface area contributed by atoms with Crippen LogP contribution in [0, 0.1) is 5.92 Å². The van der Waals surface area contributed by atoms with Gasteiger partial charge in [0.05, 0.1) is 5.69 Å². The Bertz CT molecular complexity index is 392. The van der Waals surface area contributed by atoms with Crippen molar-refractivity contribution in [3.63, 3.8) is 0 Å². The number of hydrogen-bond acceptors (Lipinski definition) is 2. The molecule has 3 heteroatoms. The molecule has 0 heterocycles. The van der Waals surface area contributed by atoms with E-state index < -0.39 is 0 Å². The normalized spacial score (nSPS) is 24.6. The van der Waals surface area contributed by atoms with Gasteiger partial charge in [-0.15, -0.1) is 0 Å². The zero-order valence-electron chi connectivity index (χ0n) is 10.6. The van der Waals surface area contributed by atoms with Crippen molar-refractivity contribution in [3.8, 4) is 0 Å². The van der Waals surface area contributed by atoms with Gasteiger partial charge in [-0.1, -0.05) is 19.8 Å². The highest BCUT2D eigenvalue weighted by molar-refractivity contribution is 9.10. The van der Waals surface area contributed by atoms with Gasteiger partial charge in [-0.05, 0) is 52.9 Å². The summed E-state index contributed by atoms with van der Waals surface area (Å²) in [5.74, 6) is 0.776. The zero-order chi connectivity index (χ0) is 12.4. The monoisotopic (exact) mass is 296 g/mol. The fourth-order valence-electron chi connectivity index (χ4n) is 2.86. The number of rotatable bonds is 2. The maximum Gasteiger partial charge on any atom is 0.0512 e. The Kier molecular flexibility index (Phi) is 3.97. The number of nitrogens with zero attached hydrogens (tertiary/aromatic N) is 1. The van der Waals surface area contributed by atoms with E-state index in [0.717, 1.165) is 16.1 Å². The predicted molar refractivity (Wildman–Crippen MR) is 78.4 cm³/mol. The summed E-state index contributed by atoms with van der Waals surface area (Å²) >= 11 is 3.61. The van der Waals surface area contributed by atoms with Crippen molar-refractivity contribution in [3.05, 3.63) is 22.7 Å². The molecule has 2 rings (SSSR count). The third-order valence-electron chi connectivity index (χ3n) is 3.92. The number of anilines is 2. The van der Waals surface area contributed by atoms with Crippen molar-refractivity contribution in [1.29, 1.82) is 0 Å². The summed E-state index contributed by atoms with van der Waals surface area (Å²) in [5.41, 5.74) is 7.84. The third kappa shape index (κ3) is 2.76. The van der Waals surface area contributed by atoms with E-state index in [2.05, 4.69) is 40.9 Å². The lowest BCUT2D eigenvalue weighted by Crippen LogP contribution is -2.39. The highest BCUT2D eigenvalue weighted by atomic mass is 79.9. The van der Waals surface area contributed by atoms with Crippen molar-refractivity contribution in [2.24, 2.45) is 5.92 Å². The molecule has 2 N–H and O–H groups in total. The van der Waals surface area contributed by atoms with Gasteiger partial charge in [0.25, 0.3) is 0 Å². The van der Waals surface area contributed by atoms with Crippen LogP contribution in [0.2, 0.25) is 0 Å². The van der Waals surface area contributed by atoms with Crippen LogP contribution in [0.5, 0.6) is 0 Å². The smallest absolute Gasteiger partial charge is 0.0512 e. The van der Waals surface area contributed by atoms with Gasteiger partial charge in [0.1, 0.15) is 0 Å². The molecule has 0 aliphatic heterocycles. The lowest BCUT2D eigenvalue weighted by Gasteiger charge is -2.38. The average molecular weight is 297 g/mol. The zero-order valence-corrected chi connectivity index (χ0v) is 12.2. The molecule has 0 aromatic heterocycles. The molecule has 1 aromatic carbocycles. The third-order valence-corrected chi connectivity index (χ3v) is 4.55. The summed E-state index contributed by atoms with van der Waals surface area (Å²) in [6.45, 7) is 2.37. The molecule has 94 valence electrons. The summed E-state index contributed by atoms with van der Waals surface area (Å²) in [7, 11) is 2.20. The second-order valence-corrected chi connectivity index (χ2v) is 6.01. The maximum absolute atomic E-state index is 5.78. The summed E-state index contributed by atoms with van der Waals surface area (Å²) in [6, 6.07) is 6.73. The molecular formula is C14H21BrN2. The molecule has 0 bridgehead atoms. The van der Waals surface area contributed by atoms with Crippen molar-refractivity contribution in [2.75, 3.05) is 17.7 Å². The molecular weight excluding hydrogens is 276 g/mol. The Hall–Kier alpha value is -0.700. The summed E-state index contributed by atoms with van der Waals surface area (Å²) < 4.78 is 1.10. The maximum atomic E-state index is 5.78. The van der Waals surface area contributed by atoms with E-state index in [4.69, 9.17) is 5.73 Å². The van der Waals surface area contributed by atoms with Crippen LogP contribution < -0.4 is 10.6 Å². The van der Waals surface area contributed by atoms with Crippen LogP contribution in [0.25, 0.3) is 0 Å². The van der Waals surface area contributed by atoms with Crippen LogP contribution in [0.15, 0.2) is 22.7 Å². The predicted octanol–water partition coefficient (Wildman–Crippen LogP) is 4.05. The molecule has 1 saturated carbocycles. The number of nitrogen functional groups attached to an aromatic ring is 1. The standard InChI is InChI=1S/C14H21BrN2/c1-10-5-3-4-6-13(10)17(2)14-8-7-11(16)9-12(14)15/h7-10,13H,3-6,16H2,1-2H3. The first-order valence-electron chi connectivity index (χ1n) is 6.37. The highest BCUT2D eigenvalue weighted by Crippen LogP contribution is 2.34. The van der Waals surface area contributed by atoms with Crippen molar-refractivity contribution in [1.82, 2.24) is 0 Å². The van der Waals surface area contributed by atoms with E-state index in [1.54, 1.807) is 0 Å². The molecule has 1 fully saturated rings. The van der Waals surface area contributed by atoms with Gasteiger partial charge < -0.3 is 10.6 Å². The number of hydrogen-bond donors (Lipinski definition) is 1. The minimum atomic E-state index is 0.656. The molecule has 0 amide bonds. The van der Waals surface area contributed by atoms with Crippen molar-refractivity contribution < 1.29 is 0 Å². The summed E-state index contributed by atoms with van der Waals surface area (Å²) in [6.07, 6.45) is 5.39. The van der Waals surface area contributed by atoms with Crippen LogP contribution in [0.3, 0.4) is 0 Å². The lowest BCUT2D eigenvalue weighted by molar-refractivity contribution is 0.321. The Labute approximate surface area is 112 Å². The molecule has 2 nitrogen and oxygen atoms in total. The van der Waals surface area contributed by atoms with Gasteiger partial charge in [0.2, 0.25) is 0 Å². The number of nitrogens with two attached hydrogens (primary N) is 1. The molecule has 0 radical (unpaired) electrons. The molecule has 1 aliphatic carbocycles. The Morgan fingerprint density at radius 1 is 1.29 bits per heavy atom. The molecule has 17 heavy (non-hydrogen) atoms. The van der Waals surface area contributed by atoms with Gasteiger partial charge in [-0.25, -0.2) is 0 Å². The molecule has 1 aliphatic rings. The van der Waals surface area contributed by atoms with Crippen LogP contribution in [-0.4, -0.2) is 13.1 Å². The Morgan fingerprint density at radius 2 is 2.00 bits per heavy atom. The molecule has 0 saturated heterocycles. The SMILES string of the molecule is CC1CCCCC1N(C)c1ccc(N)cc1Br. The Balaban J connectivity index is 2.20. The van der Waals surface area contributed by atoms with Crippen LogP contribution in [-0.2, 0) is 0 Å². The van der Waals surface area contributed by atoms with E-state index >= 15 is 0 Å². The number of halogens is 1. The first kappa shape index (κ1) is 12.7. The van der Waals surface area contributed by atoms with Gasteiger partial charge >= 0.3 is 0 Å². The van der Waals surface area contributed by atoms with Crippen molar-refractivity contribution in [2.45, 2.75) is 38.6 Å². The first-order chi connectivity index (χ1) is 8.09. The van der Waals surface area contributed by atoms with Gasteiger partial charge in [-0.3, -0.25) is 0 Å². The van der Waals surface area contributed by atoms with E-state index in [1.807, 2.05) is 12.1 Å². The van der Waals surface area contributed by atoms with Gasteiger partial charge in [0, 0.05) is 23.2 Å². The highest BCUT2D eigenvalue weighted by Gasteiger charge is 2.25. The molecule has 2 unspecified atom stereocenters. The van der Waals surface area contributed by atoms with Crippen molar-refractivity contribution >= 4 is 27.3 Å². The van der Waals surface area contributed by atoms with Crippen LogP contribution in [0.1, 0.15) is 32.6 Å². The largest absolute Gasteiger partial charge is 0.399 e. The van der Waals surface area contributed by atoms with E-state index in [-0.39, 0.29) is 0 Å². The second-order valence-electron chi connectivity index (χ2n) is 5.15. The minimum absolute atomic E-state index is 0.656. The van der Waals surface area contributed by atoms with Gasteiger partial charge in [0.15, 0.2) is 0 Å². The van der Waals surface area contributed by atoms with E-state index in [0.29, 0.717) is 6.04 Å². The van der Waals surface area contributed by atoms with Gasteiger partial charge in [-0.2, -0.15) is 0 Å². The van der Waals surface area contributed by atoms with E-state index in [9.17, 15) is 0 Å². The summed E-state index contributed by atoms with van der Waals surface area (Å²) in [5, 5.41) is 0. The average Bonchev–Trinajstić information content (AvgIpc) is 2.29. The fourth-order valence-corrected chi connectivity index (χ4v) is 3.54. The van der Waals surface area contributed by atoms with Crippen LogP contribution in [0.4, 0.5) is 11.4 Å². The van der Waals surface area contributed by atoms with E-state index in [1.165, 1.54) is 31.4 Å². The Morgan fingerprint density at radius 3 is 2.65 bits per heavy atom. The van der Waals surface area contributed by atoms with Crippen LogP contribution >= 0.6 is 15.9 Å². The lowest BCUT2D eigenvalue weighted by atomic mass is 9.85. The quantitative estimate of drug-likeness (QED) is 0.835. The minimum Gasteiger partial charge on any atom is -0.399 e. The second kappa shape index (κ2) is 5.30.